The number of ether oxygens (including phenoxy) is 1. The molecular weight excluding hydrogens is 450 g/mol. The SMILES string of the molecule is COc1ccc(CNC(=O)CC2CSc3nc4c(cnn4-c4ccc(C)cc4C)c(=O)n32)cc1. The van der Waals surface area contributed by atoms with Crippen molar-refractivity contribution in [3.05, 3.63) is 75.7 Å². The number of fused-ring (bicyclic) bond motifs is 2. The van der Waals surface area contributed by atoms with E-state index in [0.717, 1.165) is 28.1 Å². The van der Waals surface area contributed by atoms with Gasteiger partial charge in [-0.05, 0) is 43.2 Å². The molecule has 174 valence electrons. The summed E-state index contributed by atoms with van der Waals surface area (Å²) < 4.78 is 8.53. The molecule has 9 heteroatoms. The molecule has 0 spiro atoms. The van der Waals surface area contributed by atoms with Crippen LogP contribution in [0.5, 0.6) is 5.75 Å². The molecule has 2 aromatic heterocycles. The highest BCUT2D eigenvalue weighted by Crippen LogP contribution is 2.33. The Labute approximate surface area is 201 Å². The van der Waals surface area contributed by atoms with Crippen LogP contribution in [-0.4, -0.2) is 38.1 Å². The van der Waals surface area contributed by atoms with Gasteiger partial charge in [0.15, 0.2) is 10.8 Å². The largest absolute Gasteiger partial charge is 0.497 e. The maximum absolute atomic E-state index is 13.3. The van der Waals surface area contributed by atoms with Crippen molar-refractivity contribution in [3.8, 4) is 11.4 Å². The maximum atomic E-state index is 13.3. The molecule has 1 amide bonds. The Bertz CT molecular complexity index is 1440. The van der Waals surface area contributed by atoms with E-state index in [-0.39, 0.29) is 23.9 Å². The zero-order valence-electron chi connectivity index (χ0n) is 19.2. The minimum absolute atomic E-state index is 0.104. The summed E-state index contributed by atoms with van der Waals surface area (Å²) in [5, 5.41) is 8.48. The van der Waals surface area contributed by atoms with Gasteiger partial charge in [-0.25, -0.2) is 9.67 Å². The average molecular weight is 476 g/mol. The molecule has 1 aliphatic heterocycles. The van der Waals surface area contributed by atoms with Crippen LogP contribution in [0.4, 0.5) is 0 Å². The second kappa shape index (κ2) is 8.98. The van der Waals surface area contributed by atoms with Crippen molar-refractivity contribution in [2.45, 2.75) is 38.0 Å². The Hall–Kier alpha value is -3.59. The van der Waals surface area contributed by atoms with Crippen LogP contribution in [-0.2, 0) is 11.3 Å². The van der Waals surface area contributed by atoms with Crippen LogP contribution in [0.1, 0.15) is 29.2 Å². The molecule has 5 rings (SSSR count). The molecule has 2 aromatic carbocycles. The van der Waals surface area contributed by atoms with Gasteiger partial charge in [-0.15, -0.1) is 0 Å². The van der Waals surface area contributed by atoms with Gasteiger partial charge in [-0.3, -0.25) is 14.2 Å². The minimum atomic E-state index is -0.246. The Morgan fingerprint density at radius 1 is 1.21 bits per heavy atom. The summed E-state index contributed by atoms with van der Waals surface area (Å²) in [5.41, 5.74) is 4.49. The van der Waals surface area contributed by atoms with E-state index in [9.17, 15) is 9.59 Å². The third kappa shape index (κ3) is 4.07. The molecule has 34 heavy (non-hydrogen) atoms. The minimum Gasteiger partial charge on any atom is -0.497 e. The van der Waals surface area contributed by atoms with E-state index in [0.29, 0.717) is 28.5 Å². The topological polar surface area (TPSA) is 91.0 Å². The summed E-state index contributed by atoms with van der Waals surface area (Å²) in [5.74, 6) is 1.29. The molecule has 1 N–H and O–H groups in total. The van der Waals surface area contributed by atoms with Gasteiger partial charge in [0.1, 0.15) is 11.1 Å². The fourth-order valence-corrected chi connectivity index (χ4v) is 5.36. The number of carbonyl (C=O) groups excluding carboxylic acids is 1. The summed E-state index contributed by atoms with van der Waals surface area (Å²) in [4.78, 5) is 30.8. The number of amides is 1. The summed E-state index contributed by atoms with van der Waals surface area (Å²) >= 11 is 1.50. The molecule has 8 nitrogen and oxygen atoms in total. The molecule has 1 aliphatic rings. The van der Waals surface area contributed by atoms with E-state index in [1.807, 2.05) is 50.2 Å². The van der Waals surface area contributed by atoms with Crippen molar-refractivity contribution in [2.24, 2.45) is 0 Å². The quantitative estimate of drug-likeness (QED) is 0.429. The summed E-state index contributed by atoms with van der Waals surface area (Å²) in [6.45, 7) is 4.48. The van der Waals surface area contributed by atoms with E-state index in [4.69, 9.17) is 9.72 Å². The van der Waals surface area contributed by atoms with Crippen molar-refractivity contribution >= 4 is 28.7 Å². The zero-order valence-corrected chi connectivity index (χ0v) is 20.1. The second-order valence-electron chi connectivity index (χ2n) is 8.45. The number of carbonyl (C=O) groups is 1. The Balaban J connectivity index is 1.36. The third-order valence-corrected chi connectivity index (χ3v) is 7.12. The van der Waals surface area contributed by atoms with E-state index >= 15 is 0 Å². The number of thioether (sulfide) groups is 1. The molecule has 3 heterocycles. The van der Waals surface area contributed by atoms with E-state index in [1.165, 1.54) is 11.8 Å². The van der Waals surface area contributed by atoms with Gasteiger partial charge in [0, 0.05) is 18.7 Å². The fraction of sp³-hybridized carbons (Fsp3) is 0.280. The van der Waals surface area contributed by atoms with Gasteiger partial charge in [-0.2, -0.15) is 5.10 Å². The molecule has 0 saturated carbocycles. The highest BCUT2D eigenvalue weighted by molar-refractivity contribution is 7.99. The average Bonchev–Trinajstić information content (AvgIpc) is 3.43. The van der Waals surface area contributed by atoms with Crippen LogP contribution in [0.15, 0.2) is 58.6 Å². The lowest BCUT2D eigenvalue weighted by atomic mass is 10.1. The second-order valence-corrected chi connectivity index (χ2v) is 9.43. The van der Waals surface area contributed by atoms with Crippen LogP contribution < -0.4 is 15.6 Å². The van der Waals surface area contributed by atoms with Crippen LogP contribution in [0.2, 0.25) is 0 Å². The maximum Gasteiger partial charge on any atom is 0.265 e. The first-order valence-electron chi connectivity index (χ1n) is 11.0. The summed E-state index contributed by atoms with van der Waals surface area (Å²) in [6, 6.07) is 13.4. The first-order chi connectivity index (χ1) is 16.4. The van der Waals surface area contributed by atoms with Gasteiger partial charge >= 0.3 is 0 Å². The zero-order chi connectivity index (χ0) is 23.8. The Morgan fingerprint density at radius 2 is 2.00 bits per heavy atom. The number of nitrogens with zero attached hydrogens (tertiary/aromatic N) is 4. The van der Waals surface area contributed by atoms with Crippen molar-refractivity contribution in [1.29, 1.82) is 0 Å². The normalized spacial score (nSPS) is 14.9. The predicted octanol–water partition coefficient (Wildman–Crippen LogP) is 3.56. The molecule has 4 aromatic rings. The number of benzene rings is 2. The first-order valence-corrected chi connectivity index (χ1v) is 12.0. The van der Waals surface area contributed by atoms with Crippen molar-refractivity contribution in [1.82, 2.24) is 24.6 Å². The number of nitrogens with one attached hydrogen (secondary N) is 1. The Kier molecular flexibility index (Phi) is 5.87. The number of hydrogen-bond acceptors (Lipinski definition) is 6. The van der Waals surface area contributed by atoms with E-state index in [1.54, 1.807) is 22.6 Å². The highest BCUT2D eigenvalue weighted by Gasteiger charge is 2.29. The van der Waals surface area contributed by atoms with Gasteiger partial charge < -0.3 is 10.1 Å². The number of hydrogen-bond donors (Lipinski definition) is 1. The standard InChI is InChI=1S/C25H25N5O3S/c1-15-4-9-21(16(2)10-15)30-23-20(13-27-30)24(32)29-18(14-34-25(29)28-23)11-22(31)26-12-17-5-7-19(33-3)8-6-17/h4-10,13,18H,11-12,14H2,1-3H3,(H,26,31). The molecule has 1 unspecified atom stereocenters. The van der Waals surface area contributed by atoms with Gasteiger partial charge in [0.2, 0.25) is 5.91 Å². The fourth-order valence-electron chi connectivity index (χ4n) is 4.23. The smallest absolute Gasteiger partial charge is 0.265 e. The molecule has 0 fully saturated rings. The third-order valence-electron chi connectivity index (χ3n) is 6.02. The van der Waals surface area contributed by atoms with E-state index < -0.39 is 0 Å². The molecule has 1 atom stereocenters. The number of aryl methyl sites for hydroxylation is 2. The molecule has 0 aliphatic carbocycles. The van der Waals surface area contributed by atoms with Crippen molar-refractivity contribution < 1.29 is 9.53 Å². The van der Waals surface area contributed by atoms with Gasteiger partial charge in [0.05, 0.1) is 25.0 Å². The summed E-state index contributed by atoms with van der Waals surface area (Å²) in [7, 11) is 1.62. The lowest BCUT2D eigenvalue weighted by molar-refractivity contribution is -0.121. The predicted molar refractivity (Wildman–Crippen MR) is 132 cm³/mol. The lowest BCUT2D eigenvalue weighted by Crippen LogP contribution is -2.30. The summed E-state index contributed by atoms with van der Waals surface area (Å²) in [6.07, 6.45) is 1.79. The van der Waals surface area contributed by atoms with Crippen molar-refractivity contribution in [3.63, 3.8) is 0 Å². The van der Waals surface area contributed by atoms with Crippen LogP contribution in [0.3, 0.4) is 0 Å². The molecule has 0 saturated heterocycles. The molecular formula is C25H25N5O3S. The van der Waals surface area contributed by atoms with Crippen molar-refractivity contribution in [2.75, 3.05) is 12.9 Å². The molecule has 0 radical (unpaired) electrons. The van der Waals surface area contributed by atoms with Crippen LogP contribution in [0.25, 0.3) is 16.7 Å². The molecule has 0 bridgehead atoms. The number of rotatable bonds is 6. The van der Waals surface area contributed by atoms with Crippen LogP contribution in [0, 0.1) is 13.8 Å². The lowest BCUT2D eigenvalue weighted by Gasteiger charge is -2.14. The van der Waals surface area contributed by atoms with Gasteiger partial charge in [0.25, 0.3) is 5.56 Å². The first kappa shape index (κ1) is 22.2. The highest BCUT2D eigenvalue weighted by atomic mass is 32.2. The van der Waals surface area contributed by atoms with Crippen LogP contribution >= 0.6 is 11.8 Å². The van der Waals surface area contributed by atoms with Gasteiger partial charge in [-0.1, -0.05) is 41.6 Å². The number of methoxy groups -OCH3 is 1. The Morgan fingerprint density at radius 3 is 2.74 bits per heavy atom. The number of aromatic nitrogens is 4. The monoisotopic (exact) mass is 475 g/mol. The van der Waals surface area contributed by atoms with E-state index in [2.05, 4.69) is 16.5 Å².